The van der Waals surface area contributed by atoms with Gasteiger partial charge in [0.05, 0.1) is 6.54 Å². The van der Waals surface area contributed by atoms with Crippen LogP contribution in [-0.2, 0) is 9.59 Å². The number of carbonyl (C=O) groups is 3. The molecule has 0 atom stereocenters. The van der Waals surface area contributed by atoms with Crippen molar-refractivity contribution in [1.82, 2.24) is 10.2 Å². The zero-order chi connectivity index (χ0) is 20.1. The molecule has 1 N–H and O–H groups in total. The minimum Gasteiger partial charge on any atom is -0.368 e. The van der Waals surface area contributed by atoms with Crippen LogP contribution in [0.1, 0.15) is 15.9 Å². The van der Waals surface area contributed by atoms with Gasteiger partial charge in [0.15, 0.2) is 0 Å². The summed E-state index contributed by atoms with van der Waals surface area (Å²) >= 11 is 0. The number of piperazine rings is 1. The summed E-state index contributed by atoms with van der Waals surface area (Å²) in [4.78, 5) is 40.2. The molecule has 0 aromatic heterocycles. The monoisotopic (exact) mass is 383 g/mol. The van der Waals surface area contributed by atoms with Gasteiger partial charge in [-0.3, -0.25) is 14.4 Å². The molecular formula is C21H22FN3O3. The second-order valence-electron chi connectivity index (χ2n) is 6.67. The minimum absolute atomic E-state index is 0.0817. The molecule has 1 saturated heterocycles. The number of Topliss-reactive ketones (excluding diaryl/α,β-unsaturated/α-hetero) is 1. The maximum absolute atomic E-state index is 12.9. The summed E-state index contributed by atoms with van der Waals surface area (Å²) in [6.45, 7) is 4.33. The van der Waals surface area contributed by atoms with E-state index in [4.69, 9.17) is 0 Å². The van der Waals surface area contributed by atoms with Gasteiger partial charge in [-0.25, -0.2) is 4.39 Å². The highest BCUT2D eigenvalue weighted by Gasteiger charge is 2.23. The molecule has 0 bridgehead atoms. The molecule has 7 heteroatoms. The van der Waals surface area contributed by atoms with E-state index in [1.54, 1.807) is 4.90 Å². The van der Waals surface area contributed by atoms with Gasteiger partial charge in [0.25, 0.3) is 5.91 Å². The highest BCUT2D eigenvalue weighted by atomic mass is 19.1. The van der Waals surface area contributed by atoms with E-state index in [1.807, 2.05) is 12.1 Å². The molecule has 2 amide bonds. The van der Waals surface area contributed by atoms with Crippen molar-refractivity contribution in [2.45, 2.75) is 6.92 Å². The molecule has 1 aliphatic heterocycles. The molecule has 0 aliphatic carbocycles. The fourth-order valence-electron chi connectivity index (χ4n) is 3.20. The molecule has 1 heterocycles. The molecule has 0 saturated carbocycles. The number of para-hydroxylation sites is 1. The number of hydrogen-bond donors (Lipinski definition) is 1. The van der Waals surface area contributed by atoms with Gasteiger partial charge in [0.2, 0.25) is 11.7 Å². The van der Waals surface area contributed by atoms with Crippen LogP contribution in [0.3, 0.4) is 0 Å². The first kappa shape index (κ1) is 19.5. The molecule has 0 unspecified atom stereocenters. The fraction of sp³-hybridized carbons (Fsp3) is 0.286. The number of hydrogen-bond acceptors (Lipinski definition) is 4. The van der Waals surface area contributed by atoms with Crippen molar-refractivity contribution in [3.05, 3.63) is 65.5 Å². The fourth-order valence-corrected chi connectivity index (χ4v) is 3.20. The van der Waals surface area contributed by atoms with Crippen LogP contribution in [0.15, 0.2) is 48.5 Å². The highest BCUT2D eigenvalue weighted by Crippen LogP contribution is 2.20. The first-order chi connectivity index (χ1) is 13.5. The summed E-state index contributed by atoms with van der Waals surface area (Å²) in [6, 6.07) is 12.8. The molecule has 146 valence electrons. The van der Waals surface area contributed by atoms with E-state index in [0.717, 1.165) is 17.8 Å². The van der Waals surface area contributed by atoms with Crippen molar-refractivity contribution in [3.63, 3.8) is 0 Å². The summed E-state index contributed by atoms with van der Waals surface area (Å²) in [5.41, 5.74) is 2.43. The van der Waals surface area contributed by atoms with E-state index in [-0.39, 0.29) is 18.0 Å². The Morgan fingerprint density at radius 3 is 2.25 bits per heavy atom. The van der Waals surface area contributed by atoms with E-state index < -0.39 is 17.5 Å². The summed E-state index contributed by atoms with van der Waals surface area (Å²) in [7, 11) is 0. The highest BCUT2D eigenvalue weighted by molar-refractivity contribution is 6.43. The number of ketones is 1. The lowest BCUT2D eigenvalue weighted by Crippen LogP contribution is -2.51. The lowest BCUT2D eigenvalue weighted by atomic mass is 10.1. The number of rotatable bonds is 5. The maximum Gasteiger partial charge on any atom is 0.292 e. The van der Waals surface area contributed by atoms with Crippen molar-refractivity contribution >= 4 is 23.3 Å². The number of nitrogens with zero attached hydrogens (tertiary/aromatic N) is 2. The van der Waals surface area contributed by atoms with Crippen LogP contribution in [0.5, 0.6) is 0 Å². The van der Waals surface area contributed by atoms with Crippen molar-refractivity contribution in [2.24, 2.45) is 0 Å². The van der Waals surface area contributed by atoms with Crippen molar-refractivity contribution in [1.29, 1.82) is 0 Å². The Morgan fingerprint density at radius 1 is 0.964 bits per heavy atom. The first-order valence-electron chi connectivity index (χ1n) is 9.12. The van der Waals surface area contributed by atoms with E-state index in [1.165, 1.54) is 17.7 Å². The molecule has 6 nitrogen and oxygen atoms in total. The van der Waals surface area contributed by atoms with Gasteiger partial charge in [-0.15, -0.1) is 0 Å². The van der Waals surface area contributed by atoms with Gasteiger partial charge in [-0.05, 0) is 42.8 Å². The molecule has 1 aliphatic rings. The zero-order valence-corrected chi connectivity index (χ0v) is 15.7. The minimum atomic E-state index is -0.876. The molecule has 2 aromatic carbocycles. The summed E-state index contributed by atoms with van der Waals surface area (Å²) < 4.78 is 12.9. The molecule has 2 aromatic rings. The Morgan fingerprint density at radius 2 is 1.61 bits per heavy atom. The van der Waals surface area contributed by atoms with Gasteiger partial charge in [-0.1, -0.05) is 18.2 Å². The number of benzene rings is 2. The average molecular weight is 383 g/mol. The van der Waals surface area contributed by atoms with Gasteiger partial charge in [-0.2, -0.15) is 0 Å². The lowest BCUT2D eigenvalue weighted by Gasteiger charge is -2.36. The molecule has 28 heavy (non-hydrogen) atoms. The third-order valence-corrected chi connectivity index (χ3v) is 4.80. The van der Waals surface area contributed by atoms with Gasteiger partial charge in [0.1, 0.15) is 5.82 Å². The normalized spacial score (nSPS) is 13.9. The molecule has 0 spiro atoms. The second kappa shape index (κ2) is 8.65. The Kier molecular flexibility index (Phi) is 6.03. The van der Waals surface area contributed by atoms with Crippen molar-refractivity contribution in [2.75, 3.05) is 37.6 Å². The number of aryl methyl sites for hydroxylation is 1. The van der Waals surface area contributed by atoms with Crippen LogP contribution in [0.2, 0.25) is 0 Å². The smallest absolute Gasteiger partial charge is 0.292 e. The Hall–Kier alpha value is -3.22. The largest absolute Gasteiger partial charge is 0.368 e. The zero-order valence-electron chi connectivity index (χ0n) is 15.7. The lowest BCUT2D eigenvalue weighted by molar-refractivity contribution is -0.132. The van der Waals surface area contributed by atoms with E-state index >= 15 is 0 Å². The van der Waals surface area contributed by atoms with E-state index in [0.29, 0.717) is 26.2 Å². The number of amides is 2. The second-order valence-corrected chi connectivity index (χ2v) is 6.67. The Balaban J connectivity index is 1.48. The number of anilines is 1. The van der Waals surface area contributed by atoms with E-state index in [2.05, 4.69) is 29.3 Å². The number of carbonyl (C=O) groups excluding carboxylic acids is 3. The third-order valence-electron chi connectivity index (χ3n) is 4.80. The summed E-state index contributed by atoms with van der Waals surface area (Å²) in [5.74, 6) is -2.39. The van der Waals surface area contributed by atoms with Gasteiger partial charge in [0, 0.05) is 37.4 Å². The van der Waals surface area contributed by atoms with Crippen LogP contribution in [0.4, 0.5) is 10.1 Å². The number of nitrogens with one attached hydrogen (secondary N) is 1. The van der Waals surface area contributed by atoms with Crippen LogP contribution < -0.4 is 10.2 Å². The molecule has 0 radical (unpaired) electrons. The summed E-state index contributed by atoms with van der Waals surface area (Å²) in [6.07, 6.45) is 0. The molecule has 3 rings (SSSR count). The standard InChI is InChI=1S/C21H22FN3O3/c1-15-4-2-3-5-18(15)24-10-12-25(13-11-24)19(26)14-23-21(28)20(27)16-6-8-17(22)9-7-16/h2-9H,10-14H2,1H3,(H,23,28). The average Bonchev–Trinajstić information content (AvgIpc) is 2.72. The SMILES string of the molecule is Cc1ccccc1N1CCN(C(=O)CNC(=O)C(=O)c2ccc(F)cc2)CC1. The first-order valence-corrected chi connectivity index (χ1v) is 9.12. The van der Waals surface area contributed by atoms with E-state index in [9.17, 15) is 18.8 Å². The Bertz CT molecular complexity index is 875. The third kappa shape index (κ3) is 4.54. The van der Waals surface area contributed by atoms with Crippen molar-refractivity contribution < 1.29 is 18.8 Å². The topological polar surface area (TPSA) is 69.7 Å². The van der Waals surface area contributed by atoms with Crippen LogP contribution in [-0.4, -0.2) is 55.2 Å². The summed E-state index contributed by atoms with van der Waals surface area (Å²) in [5, 5.41) is 2.36. The predicted octanol–water partition coefficient (Wildman–Crippen LogP) is 1.78. The molecule has 1 fully saturated rings. The number of halogens is 1. The quantitative estimate of drug-likeness (QED) is 0.631. The van der Waals surface area contributed by atoms with Crippen molar-refractivity contribution in [3.8, 4) is 0 Å². The van der Waals surface area contributed by atoms with Crippen LogP contribution in [0, 0.1) is 12.7 Å². The van der Waals surface area contributed by atoms with Crippen LogP contribution >= 0.6 is 0 Å². The van der Waals surface area contributed by atoms with Gasteiger partial charge < -0.3 is 15.1 Å². The van der Waals surface area contributed by atoms with Gasteiger partial charge >= 0.3 is 0 Å². The predicted molar refractivity (Wildman–Crippen MR) is 104 cm³/mol. The van der Waals surface area contributed by atoms with Crippen LogP contribution in [0.25, 0.3) is 0 Å². The maximum atomic E-state index is 12.9. The molecular weight excluding hydrogens is 361 g/mol. The Labute approximate surface area is 162 Å².